The Kier molecular flexibility index (Phi) is 3.42. The molecule has 2 N–H and O–H groups in total. The highest BCUT2D eigenvalue weighted by Crippen LogP contribution is 2.22. The van der Waals surface area contributed by atoms with E-state index in [1.165, 1.54) is 5.56 Å². The van der Waals surface area contributed by atoms with Gasteiger partial charge in [0.25, 0.3) is 0 Å². The average molecular weight is 235 g/mol. The first-order chi connectivity index (χ1) is 7.70. The van der Waals surface area contributed by atoms with Crippen molar-refractivity contribution in [1.29, 1.82) is 0 Å². The van der Waals surface area contributed by atoms with Gasteiger partial charge in [-0.15, -0.1) is 0 Å². The fraction of sp³-hybridized carbons (Fsp3) is 0.308. The molecule has 0 atom stereocenters. The molecule has 1 aromatic heterocycles. The lowest BCUT2D eigenvalue weighted by atomic mass is 10.1. The first-order valence-electron chi connectivity index (χ1n) is 5.46. The van der Waals surface area contributed by atoms with Gasteiger partial charge in [0, 0.05) is 5.39 Å². The van der Waals surface area contributed by atoms with Crippen molar-refractivity contribution >= 4 is 22.5 Å². The number of nitrogens with zero attached hydrogens (tertiary/aromatic N) is 1. The Morgan fingerprint density at radius 3 is 2.88 bits per heavy atom. The molecule has 0 aliphatic rings. The molecule has 0 saturated heterocycles. The quantitative estimate of drug-likeness (QED) is 0.829. The second kappa shape index (κ2) is 4.81. The topological polar surface area (TPSA) is 38.9 Å². The molecule has 0 radical (unpaired) electrons. The second-order valence-corrected chi connectivity index (χ2v) is 4.38. The van der Waals surface area contributed by atoms with Crippen LogP contribution in [0.1, 0.15) is 17.5 Å². The number of hydrogen-bond acceptors (Lipinski definition) is 2. The van der Waals surface area contributed by atoms with Gasteiger partial charge >= 0.3 is 0 Å². The van der Waals surface area contributed by atoms with Gasteiger partial charge < -0.3 is 5.73 Å². The number of fused-ring (bicyclic) bond motifs is 1. The molecular formula is C13H15ClN2. The zero-order valence-electron chi connectivity index (χ0n) is 9.33. The van der Waals surface area contributed by atoms with Crippen molar-refractivity contribution in [3.63, 3.8) is 0 Å². The minimum Gasteiger partial charge on any atom is -0.330 e. The maximum Gasteiger partial charge on any atom is 0.132 e. The molecule has 1 aromatic carbocycles. The molecule has 84 valence electrons. The van der Waals surface area contributed by atoms with E-state index in [0.29, 0.717) is 11.7 Å². The summed E-state index contributed by atoms with van der Waals surface area (Å²) in [6, 6.07) is 8.33. The molecule has 0 bridgehead atoms. The molecule has 16 heavy (non-hydrogen) atoms. The number of hydrogen-bond donors (Lipinski definition) is 1. The Hall–Kier alpha value is -1.12. The van der Waals surface area contributed by atoms with Crippen LogP contribution in [0.15, 0.2) is 24.3 Å². The molecule has 0 amide bonds. The van der Waals surface area contributed by atoms with Gasteiger partial charge in [-0.3, -0.25) is 0 Å². The first-order valence-corrected chi connectivity index (χ1v) is 5.84. The van der Waals surface area contributed by atoms with Crippen molar-refractivity contribution in [1.82, 2.24) is 4.98 Å². The highest BCUT2D eigenvalue weighted by atomic mass is 35.5. The van der Waals surface area contributed by atoms with Crippen molar-refractivity contribution in [2.75, 3.05) is 6.54 Å². The minimum absolute atomic E-state index is 0.603. The zero-order valence-corrected chi connectivity index (χ0v) is 10.1. The number of aromatic nitrogens is 1. The smallest absolute Gasteiger partial charge is 0.132 e. The molecule has 0 fully saturated rings. The van der Waals surface area contributed by atoms with Gasteiger partial charge in [0.2, 0.25) is 0 Å². The van der Waals surface area contributed by atoms with E-state index in [1.807, 2.05) is 6.07 Å². The molecule has 2 nitrogen and oxygen atoms in total. The maximum atomic E-state index is 6.14. The van der Waals surface area contributed by atoms with Gasteiger partial charge in [0.05, 0.1) is 5.52 Å². The van der Waals surface area contributed by atoms with Crippen LogP contribution in [0.4, 0.5) is 0 Å². The lowest BCUT2D eigenvalue weighted by molar-refractivity contribution is 0.831. The normalized spacial score (nSPS) is 10.9. The first kappa shape index (κ1) is 11.4. The number of benzene rings is 1. The Labute approximate surface area is 100 Å². The van der Waals surface area contributed by atoms with Crippen LogP contribution in [-0.4, -0.2) is 11.5 Å². The number of nitrogens with two attached hydrogens (primary N) is 1. The van der Waals surface area contributed by atoms with Crippen LogP contribution in [0.25, 0.3) is 10.9 Å². The van der Waals surface area contributed by atoms with E-state index in [2.05, 4.69) is 30.1 Å². The Morgan fingerprint density at radius 1 is 1.31 bits per heavy atom. The van der Waals surface area contributed by atoms with E-state index < -0.39 is 0 Å². The fourth-order valence-corrected chi connectivity index (χ4v) is 2.01. The molecule has 2 aromatic rings. The van der Waals surface area contributed by atoms with Crippen LogP contribution in [0.2, 0.25) is 5.15 Å². The van der Waals surface area contributed by atoms with Crippen LogP contribution in [0.5, 0.6) is 0 Å². The van der Waals surface area contributed by atoms with E-state index in [4.69, 9.17) is 17.3 Å². The Bertz CT molecular complexity index is 509. The average Bonchev–Trinajstić information content (AvgIpc) is 2.26. The van der Waals surface area contributed by atoms with Crippen molar-refractivity contribution < 1.29 is 0 Å². The predicted octanol–water partition coefficient (Wildman–Crippen LogP) is 3.09. The zero-order chi connectivity index (χ0) is 11.5. The Morgan fingerprint density at radius 2 is 2.12 bits per heavy atom. The summed E-state index contributed by atoms with van der Waals surface area (Å²) in [4.78, 5) is 4.41. The third-order valence-corrected chi connectivity index (χ3v) is 2.98. The number of pyridine rings is 1. The van der Waals surface area contributed by atoms with Crippen molar-refractivity contribution in [2.45, 2.75) is 19.8 Å². The maximum absolute atomic E-state index is 6.14. The SMILES string of the molecule is Cc1ccc2cc(CCCN)c(Cl)nc2c1. The van der Waals surface area contributed by atoms with Crippen LogP contribution in [0, 0.1) is 6.92 Å². The highest BCUT2D eigenvalue weighted by molar-refractivity contribution is 6.30. The van der Waals surface area contributed by atoms with Crippen LogP contribution in [-0.2, 0) is 6.42 Å². The largest absolute Gasteiger partial charge is 0.330 e. The van der Waals surface area contributed by atoms with Gasteiger partial charge in [-0.05, 0) is 49.6 Å². The van der Waals surface area contributed by atoms with E-state index in [9.17, 15) is 0 Å². The lowest BCUT2D eigenvalue weighted by Crippen LogP contribution is -2.01. The third-order valence-electron chi connectivity index (χ3n) is 2.65. The van der Waals surface area contributed by atoms with Crippen molar-refractivity contribution in [3.05, 3.63) is 40.5 Å². The molecule has 2 rings (SSSR count). The monoisotopic (exact) mass is 234 g/mol. The summed E-state index contributed by atoms with van der Waals surface area (Å²) in [6.07, 6.45) is 1.84. The molecule has 3 heteroatoms. The number of halogens is 1. The van der Waals surface area contributed by atoms with E-state index in [1.54, 1.807) is 0 Å². The summed E-state index contributed by atoms with van der Waals surface area (Å²) >= 11 is 6.14. The molecule has 0 aliphatic heterocycles. The van der Waals surface area contributed by atoms with Crippen LogP contribution in [0.3, 0.4) is 0 Å². The number of aryl methyl sites for hydroxylation is 2. The molecule has 0 unspecified atom stereocenters. The Balaban J connectivity index is 2.45. The van der Waals surface area contributed by atoms with Crippen LogP contribution < -0.4 is 5.73 Å². The highest BCUT2D eigenvalue weighted by Gasteiger charge is 2.04. The summed E-state index contributed by atoms with van der Waals surface area (Å²) in [6.45, 7) is 2.74. The van der Waals surface area contributed by atoms with Crippen molar-refractivity contribution in [2.24, 2.45) is 5.73 Å². The fourth-order valence-electron chi connectivity index (χ4n) is 1.77. The van der Waals surface area contributed by atoms with Gasteiger partial charge in [0.15, 0.2) is 0 Å². The standard InChI is InChI=1S/C13H15ClN2/c1-9-4-5-10-8-11(3-2-6-15)13(14)16-12(10)7-9/h4-5,7-8H,2-3,6,15H2,1H3. The summed E-state index contributed by atoms with van der Waals surface area (Å²) < 4.78 is 0. The molecule has 0 spiro atoms. The summed E-state index contributed by atoms with van der Waals surface area (Å²) in [5.74, 6) is 0. The van der Waals surface area contributed by atoms with Crippen LogP contribution >= 0.6 is 11.6 Å². The summed E-state index contributed by atoms with van der Waals surface area (Å²) in [5, 5.41) is 1.74. The van der Waals surface area contributed by atoms with Gasteiger partial charge in [-0.25, -0.2) is 4.98 Å². The minimum atomic E-state index is 0.603. The van der Waals surface area contributed by atoms with Gasteiger partial charge in [-0.2, -0.15) is 0 Å². The third kappa shape index (κ3) is 2.34. The molecule has 0 aliphatic carbocycles. The second-order valence-electron chi connectivity index (χ2n) is 4.03. The van der Waals surface area contributed by atoms with E-state index >= 15 is 0 Å². The predicted molar refractivity (Wildman–Crippen MR) is 68.9 cm³/mol. The van der Waals surface area contributed by atoms with Crippen molar-refractivity contribution in [3.8, 4) is 0 Å². The number of rotatable bonds is 3. The van der Waals surface area contributed by atoms with Gasteiger partial charge in [0.1, 0.15) is 5.15 Å². The van der Waals surface area contributed by atoms with E-state index in [-0.39, 0.29) is 0 Å². The van der Waals surface area contributed by atoms with Gasteiger partial charge in [-0.1, -0.05) is 23.7 Å². The molecular weight excluding hydrogens is 220 g/mol. The molecule has 0 saturated carbocycles. The summed E-state index contributed by atoms with van der Waals surface area (Å²) in [7, 11) is 0. The molecule has 1 heterocycles. The summed E-state index contributed by atoms with van der Waals surface area (Å²) in [5.41, 5.74) is 8.74. The van der Waals surface area contributed by atoms with E-state index in [0.717, 1.165) is 29.3 Å². The lowest BCUT2D eigenvalue weighted by Gasteiger charge is -2.06.